The second-order valence-corrected chi connectivity index (χ2v) is 8.47. The van der Waals surface area contributed by atoms with Crippen LogP contribution in [0.2, 0.25) is 5.02 Å². The van der Waals surface area contributed by atoms with Gasteiger partial charge in [-0.15, -0.1) is 0 Å². The minimum atomic E-state index is -0.600. The summed E-state index contributed by atoms with van der Waals surface area (Å²) in [5.41, 5.74) is 2.61. The number of nitro groups is 1. The molecule has 11 heteroatoms. The topological polar surface area (TPSA) is 111 Å². The van der Waals surface area contributed by atoms with Gasteiger partial charge in [0, 0.05) is 33.5 Å². The molecule has 1 amide bonds. The predicted octanol–water partition coefficient (Wildman–Crippen LogP) is 6.27. The number of fused-ring (bicyclic) bond motifs is 1. The first kappa shape index (κ1) is 21.2. The van der Waals surface area contributed by atoms with Crippen LogP contribution in [-0.2, 0) is 0 Å². The van der Waals surface area contributed by atoms with Gasteiger partial charge in [0.2, 0.25) is 0 Å². The molecule has 0 unspecified atom stereocenters. The van der Waals surface area contributed by atoms with Gasteiger partial charge in [0.1, 0.15) is 11.3 Å². The van der Waals surface area contributed by atoms with Crippen LogP contribution in [0.4, 0.5) is 5.69 Å². The van der Waals surface area contributed by atoms with E-state index in [0.29, 0.717) is 26.8 Å². The molecule has 0 radical (unpaired) electrons. The Hall–Kier alpha value is -3.08. The van der Waals surface area contributed by atoms with Gasteiger partial charge in [-0.25, -0.2) is 5.43 Å². The van der Waals surface area contributed by atoms with Crippen molar-refractivity contribution >= 4 is 68.1 Å². The molecule has 0 fully saturated rings. The number of furan rings is 2. The molecule has 2 aromatic carbocycles. The molecule has 0 saturated heterocycles. The summed E-state index contributed by atoms with van der Waals surface area (Å²) in [5.74, 6) is -0.201. The van der Waals surface area contributed by atoms with Gasteiger partial charge in [-0.3, -0.25) is 14.9 Å². The second-order valence-electron chi connectivity index (χ2n) is 6.13. The molecule has 1 N–H and O–H groups in total. The van der Waals surface area contributed by atoms with Gasteiger partial charge in [-0.05, 0) is 52.3 Å². The summed E-state index contributed by atoms with van der Waals surface area (Å²) in [6, 6.07) is 14.5. The van der Waals surface area contributed by atoms with Gasteiger partial charge in [-0.1, -0.05) is 23.4 Å². The Morgan fingerprint density at radius 1 is 1.16 bits per heavy atom. The number of non-ortho nitro benzene ring substituents is 1. The molecular formula is C20H11BrClN3O5S. The van der Waals surface area contributed by atoms with E-state index in [4.69, 9.17) is 20.4 Å². The largest absolute Gasteiger partial charge is 0.451 e. The average molecular weight is 521 g/mol. The zero-order chi connectivity index (χ0) is 22.0. The monoisotopic (exact) mass is 519 g/mol. The van der Waals surface area contributed by atoms with E-state index in [1.54, 1.807) is 18.2 Å². The first-order valence-corrected chi connectivity index (χ1v) is 10.6. The lowest BCUT2D eigenvalue weighted by Crippen LogP contribution is -2.16. The normalized spacial score (nSPS) is 11.3. The van der Waals surface area contributed by atoms with Gasteiger partial charge in [0.25, 0.3) is 5.69 Å². The Morgan fingerprint density at radius 2 is 1.94 bits per heavy atom. The van der Waals surface area contributed by atoms with Crippen LogP contribution in [0.15, 0.2) is 83.0 Å². The third kappa shape index (κ3) is 4.98. The quantitative estimate of drug-likeness (QED) is 0.182. The Kier molecular flexibility index (Phi) is 6.12. The maximum absolute atomic E-state index is 12.3. The van der Waals surface area contributed by atoms with Crippen molar-refractivity contribution in [1.82, 2.24) is 5.43 Å². The van der Waals surface area contributed by atoms with Gasteiger partial charge in [0.15, 0.2) is 10.9 Å². The Balaban J connectivity index is 1.42. The van der Waals surface area contributed by atoms with E-state index < -0.39 is 10.8 Å². The van der Waals surface area contributed by atoms with E-state index in [-0.39, 0.29) is 11.4 Å². The van der Waals surface area contributed by atoms with Crippen molar-refractivity contribution in [1.29, 1.82) is 0 Å². The number of halogens is 2. The molecule has 8 nitrogen and oxygen atoms in total. The number of hydrogen-bond acceptors (Lipinski definition) is 7. The second kappa shape index (κ2) is 8.96. The van der Waals surface area contributed by atoms with E-state index in [9.17, 15) is 14.9 Å². The summed E-state index contributed by atoms with van der Waals surface area (Å²) in [4.78, 5) is 23.5. The van der Waals surface area contributed by atoms with Crippen LogP contribution in [0.3, 0.4) is 0 Å². The first-order chi connectivity index (χ1) is 14.9. The Morgan fingerprint density at radius 3 is 2.68 bits per heavy atom. The molecule has 4 aromatic rings. The van der Waals surface area contributed by atoms with Crippen molar-refractivity contribution in [3.05, 3.63) is 85.7 Å². The fourth-order valence-electron chi connectivity index (χ4n) is 2.58. The van der Waals surface area contributed by atoms with E-state index in [0.717, 1.165) is 9.37 Å². The van der Waals surface area contributed by atoms with Crippen LogP contribution in [0.25, 0.3) is 11.0 Å². The van der Waals surface area contributed by atoms with E-state index in [2.05, 4.69) is 26.5 Å². The molecule has 2 heterocycles. The lowest BCUT2D eigenvalue weighted by molar-refractivity contribution is -0.384. The fraction of sp³-hybridized carbons (Fsp3) is 0. The standard InChI is InChI=1S/C20H11BrClN3O5S/c21-16-9-14(29-20(16)31-15-4-1-12(22)2-5-15)10-23-24-19(26)18-8-11-7-13(25(27)28)3-6-17(11)30-18/h1-10H,(H,24,26)/b23-10-. The summed E-state index contributed by atoms with van der Waals surface area (Å²) in [6.45, 7) is 0. The minimum Gasteiger partial charge on any atom is -0.451 e. The van der Waals surface area contributed by atoms with Gasteiger partial charge in [-0.2, -0.15) is 5.10 Å². The number of hydrazone groups is 1. The summed E-state index contributed by atoms with van der Waals surface area (Å²) in [5, 5.41) is 16.4. The molecule has 0 spiro atoms. The SMILES string of the molecule is O=C(N/N=C\c1cc(Br)c(Sc2ccc(Cl)cc2)o1)c1cc2cc([N+](=O)[O-])ccc2o1. The van der Waals surface area contributed by atoms with E-state index in [1.807, 2.05) is 12.1 Å². The third-order valence-electron chi connectivity index (χ3n) is 3.99. The van der Waals surface area contributed by atoms with Crippen molar-refractivity contribution in [2.45, 2.75) is 9.99 Å². The van der Waals surface area contributed by atoms with E-state index >= 15 is 0 Å². The number of benzene rings is 2. The lowest BCUT2D eigenvalue weighted by atomic mass is 10.2. The average Bonchev–Trinajstić information content (AvgIpc) is 3.32. The highest BCUT2D eigenvalue weighted by Crippen LogP contribution is 2.36. The number of hydrogen-bond donors (Lipinski definition) is 1. The van der Waals surface area contributed by atoms with Crippen LogP contribution < -0.4 is 5.43 Å². The maximum Gasteiger partial charge on any atom is 0.307 e. The predicted molar refractivity (Wildman–Crippen MR) is 120 cm³/mol. The molecule has 0 aliphatic rings. The lowest BCUT2D eigenvalue weighted by Gasteiger charge is -1.98. The van der Waals surface area contributed by atoms with Crippen molar-refractivity contribution in [2.75, 3.05) is 0 Å². The molecule has 31 heavy (non-hydrogen) atoms. The third-order valence-corrected chi connectivity index (χ3v) is 6.09. The summed E-state index contributed by atoms with van der Waals surface area (Å²) in [6.07, 6.45) is 1.35. The molecule has 0 aliphatic heterocycles. The van der Waals surface area contributed by atoms with Crippen LogP contribution in [0.5, 0.6) is 0 Å². The molecular weight excluding hydrogens is 510 g/mol. The molecule has 0 aliphatic carbocycles. The molecule has 0 bridgehead atoms. The summed E-state index contributed by atoms with van der Waals surface area (Å²) >= 11 is 10.7. The number of amides is 1. The number of nitro benzene ring substituents is 1. The molecule has 156 valence electrons. The van der Waals surface area contributed by atoms with Crippen molar-refractivity contribution in [3.8, 4) is 0 Å². The van der Waals surface area contributed by atoms with Crippen molar-refractivity contribution < 1.29 is 18.6 Å². The Labute approximate surface area is 192 Å². The number of carbonyl (C=O) groups excluding carboxylic acids is 1. The van der Waals surface area contributed by atoms with Crippen molar-refractivity contribution in [3.63, 3.8) is 0 Å². The number of rotatable bonds is 6. The molecule has 0 atom stereocenters. The van der Waals surface area contributed by atoms with Gasteiger partial charge >= 0.3 is 5.91 Å². The maximum atomic E-state index is 12.3. The van der Waals surface area contributed by atoms with Crippen LogP contribution in [-0.4, -0.2) is 17.0 Å². The van der Waals surface area contributed by atoms with Gasteiger partial charge in [0.05, 0.1) is 15.6 Å². The van der Waals surface area contributed by atoms with Crippen LogP contribution >= 0.6 is 39.3 Å². The summed E-state index contributed by atoms with van der Waals surface area (Å²) < 4.78 is 11.9. The zero-order valence-electron chi connectivity index (χ0n) is 15.4. The van der Waals surface area contributed by atoms with Crippen molar-refractivity contribution in [2.24, 2.45) is 5.10 Å². The van der Waals surface area contributed by atoms with Gasteiger partial charge < -0.3 is 8.83 Å². The number of nitrogens with zero attached hydrogens (tertiary/aromatic N) is 2. The smallest absolute Gasteiger partial charge is 0.307 e. The fourth-order valence-corrected chi connectivity index (χ4v) is 4.03. The Bertz CT molecular complexity index is 1320. The highest BCUT2D eigenvalue weighted by molar-refractivity contribution is 9.10. The van der Waals surface area contributed by atoms with Crippen LogP contribution in [0, 0.1) is 10.1 Å². The highest BCUT2D eigenvalue weighted by atomic mass is 79.9. The minimum absolute atomic E-state index is 0.0211. The number of carbonyl (C=O) groups is 1. The molecule has 0 saturated carbocycles. The molecule has 4 rings (SSSR count). The van der Waals surface area contributed by atoms with E-state index in [1.165, 1.54) is 42.2 Å². The summed E-state index contributed by atoms with van der Waals surface area (Å²) in [7, 11) is 0. The first-order valence-electron chi connectivity index (χ1n) is 8.63. The zero-order valence-corrected chi connectivity index (χ0v) is 18.5. The number of nitrogens with one attached hydrogen (secondary N) is 1. The highest BCUT2D eigenvalue weighted by Gasteiger charge is 2.15. The van der Waals surface area contributed by atoms with Crippen LogP contribution in [0.1, 0.15) is 16.3 Å². The molecule has 2 aromatic heterocycles.